The number of unbranched alkanes of at least 4 members (excludes halogenated alkanes) is 1. The Kier molecular flexibility index (Phi) is 7.17. The Morgan fingerprint density at radius 1 is 0.828 bits per heavy atom. The van der Waals surface area contributed by atoms with Crippen molar-refractivity contribution in [1.82, 2.24) is 5.48 Å². The van der Waals surface area contributed by atoms with E-state index in [9.17, 15) is 9.59 Å². The fourth-order valence-corrected chi connectivity index (χ4v) is 3.26. The number of nitrogens with one attached hydrogen (secondary N) is 1. The summed E-state index contributed by atoms with van der Waals surface area (Å²) in [6, 6.07) is 27.8. The Morgan fingerprint density at radius 3 is 2.00 bits per heavy atom. The lowest BCUT2D eigenvalue weighted by Gasteiger charge is -2.19. The number of amides is 1. The first-order valence-electron chi connectivity index (χ1n) is 9.89. The van der Waals surface area contributed by atoms with Crippen LogP contribution >= 0.6 is 0 Å². The lowest BCUT2D eigenvalue weighted by Crippen LogP contribution is -2.27. The van der Waals surface area contributed by atoms with E-state index in [1.165, 1.54) is 0 Å². The van der Waals surface area contributed by atoms with Gasteiger partial charge in [0.05, 0.1) is 0 Å². The fraction of sp³-hybridized carbons (Fsp3) is 0.200. The Balaban J connectivity index is 1.84. The molecule has 1 amide bonds. The highest BCUT2D eigenvalue weighted by atomic mass is 16.7. The van der Waals surface area contributed by atoms with Gasteiger partial charge in [-0.15, -0.1) is 0 Å². The topological polar surface area (TPSA) is 55.4 Å². The SMILES string of the molecule is CCCCC(=O)ONC(=O)c1cccc(C(c2ccccc2)c2ccccc2)c1. The third-order valence-corrected chi connectivity index (χ3v) is 4.74. The van der Waals surface area contributed by atoms with Crippen molar-refractivity contribution in [3.05, 3.63) is 107 Å². The maximum atomic E-state index is 12.5. The van der Waals surface area contributed by atoms with E-state index in [0.717, 1.165) is 29.5 Å². The van der Waals surface area contributed by atoms with Gasteiger partial charge in [-0.3, -0.25) is 4.79 Å². The molecule has 4 heteroatoms. The van der Waals surface area contributed by atoms with E-state index in [1.807, 2.05) is 61.5 Å². The molecular formula is C25H25NO3. The van der Waals surface area contributed by atoms with Crippen molar-refractivity contribution in [2.24, 2.45) is 0 Å². The average Bonchev–Trinajstić information content (AvgIpc) is 2.78. The highest BCUT2D eigenvalue weighted by Crippen LogP contribution is 2.32. The maximum Gasteiger partial charge on any atom is 0.332 e. The molecule has 0 fully saturated rings. The summed E-state index contributed by atoms with van der Waals surface area (Å²) in [5, 5.41) is 0. The minimum atomic E-state index is -0.434. The van der Waals surface area contributed by atoms with Gasteiger partial charge < -0.3 is 4.84 Å². The second-order valence-electron chi connectivity index (χ2n) is 6.89. The molecular weight excluding hydrogens is 362 g/mol. The van der Waals surface area contributed by atoms with Gasteiger partial charge in [0, 0.05) is 17.9 Å². The van der Waals surface area contributed by atoms with Gasteiger partial charge in [-0.25, -0.2) is 4.79 Å². The predicted octanol–water partition coefficient (Wildman–Crippen LogP) is 5.25. The summed E-state index contributed by atoms with van der Waals surface area (Å²) in [5.74, 6) is -0.864. The van der Waals surface area contributed by atoms with Gasteiger partial charge in [-0.2, -0.15) is 5.48 Å². The van der Waals surface area contributed by atoms with E-state index in [-0.39, 0.29) is 5.92 Å². The predicted molar refractivity (Wildman–Crippen MR) is 113 cm³/mol. The van der Waals surface area contributed by atoms with Crippen molar-refractivity contribution in [3.63, 3.8) is 0 Å². The lowest BCUT2D eigenvalue weighted by atomic mass is 9.84. The van der Waals surface area contributed by atoms with Crippen LogP contribution in [0.25, 0.3) is 0 Å². The van der Waals surface area contributed by atoms with E-state index in [1.54, 1.807) is 6.07 Å². The molecule has 3 aromatic carbocycles. The molecule has 0 saturated heterocycles. The number of hydroxylamine groups is 1. The number of benzene rings is 3. The van der Waals surface area contributed by atoms with Gasteiger partial charge in [0.1, 0.15) is 0 Å². The van der Waals surface area contributed by atoms with Gasteiger partial charge in [0.25, 0.3) is 5.91 Å². The monoisotopic (exact) mass is 387 g/mol. The average molecular weight is 387 g/mol. The second kappa shape index (κ2) is 10.2. The van der Waals surface area contributed by atoms with E-state index in [4.69, 9.17) is 4.84 Å². The summed E-state index contributed by atoms with van der Waals surface area (Å²) >= 11 is 0. The number of carbonyl (C=O) groups excluding carboxylic acids is 2. The summed E-state index contributed by atoms with van der Waals surface area (Å²) in [6.45, 7) is 1.99. The van der Waals surface area contributed by atoms with Crippen LogP contribution in [0.15, 0.2) is 84.9 Å². The molecule has 0 spiro atoms. The molecule has 0 atom stereocenters. The largest absolute Gasteiger partial charge is 0.341 e. The summed E-state index contributed by atoms with van der Waals surface area (Å²) in [5.41, 5.74) is 5.99. The molecule has 0 aliphatic heterocycles. The zero-order chi connectivity index (χ0) is 20.5. The summed E-state index contributed by atoms with van der Waals surface area (Å²) in [7, 11) is 0. The zero-order valence-corrected chi connectivity index (χ0v) is 16.5. The molecule has 3 aromatic rings. The van der Waals surface area contributed by atoms with Gasteiger partial charge >= 0.3 is 5.97 Å². The maximum absolute atomic E-state index is 12.5. The third kappa shape index (κ3) is 5.55. The van der Waals surface area contributed by atoms with Gasteiger partial charge in [0.15, 0.2) is 0 Å². The molecule has 148 valence electrons. The van der Waals surface area contributed by atoms with Crippen molar-refractivity contribution < 1.29 is 14.4 Å². The standard InChI is InChI=1S/C25H25NO3/c1-2-3-17-23(27)29-26-25(28)22-16-10-15-21(18-22)24(19-11-6-4-7-12-19)20-13-8-5-9-14-20/h4-16,18,24H,2-3,17H2,1H3,(H,26,28). The van der Waals surface area contributed by atoms with Crippen LogP contribution in [0.3, 0.4) is 0 Å². The minimum Gasteiger partial charge on any atom is -0.341 e. The first-order valence-corrected chi connectivity index (χ1v) is 9.89. The van der Waals surface area contributed by atoms with E-state index < -0.39 is 11.9 Å². The van der Waals surface area contributed by atoms with Crippen molar-refractivity contribution in [2.75, 3.05) is 0 Å². The molecule has 29 heavy (non-hydrogen) atoms. The molecule has 0 aliphatic rings. The molecule has 0 radical (unpaired) electrons. The van der Waals surface area contributed by atoms with Crippen molar-refractivity contribution >= 4 is 11.9 Å². The minimum absolute atomic E-state index is 0.00254. The Labute approximate surface area is 171 Å². The van der Waals surface area contributed by atoms with E-state index >= 15 is 0 Å². The highest BCUT2D eigenvalue weighted by Gasteiger charge is 2.18. The van der Waals surface area contributed by atoms with Gasteiger partial charge in [-0.1, -0.05) is 86.1 Å². The Morgan fingerprint density at radius 2 is 1.41 bits per heavy atom. The summed E-state index contributed by atoms with van der Waals surface area (Å²) < 4.78 is 0. The summed E-state index contributed by atoms with van der Waals surface area (Å²) in [4.78, 5) is 29.0. The van der Waals surface area contributed by atoms with Crippen LogP contribution in [0.5, 0.6) is 0 Å². The van der Waals surface area contributed by atoms with Crippen molar-refractivity contribution in [1.29, 1.82) is 0 Å². The Hall–Kier alpha value is -3.40. The molecule has 0 unspecified atom stereocenters. The molecule has 4 nitrogen and oxygen atoms in total. The molecule has 0 aliphatic carbocycles. The third-order valence-electron chi connectivity index (χ3n) is 4.74. The van der Waals surface area contributed by atoms with Crippen LogP contribution in [0.1, 0.15) is 59.2 Å². The summed E-state index contributed by atoms with van der Waals surface area (Å²) in [6.07, 6.45) is 1.92. The molecule has 0 heterocycles. The van der Waals surface area contributed by atoms with Crippen LogP contribution in [-0.4, -0.2) is 11.9 Å². The molecule has 0 saturated carbocycles. The quantitative estimate of drug-likeness (QED) is 0.445. The number of rotatable bonds is 7. The van der Waals surface area contributed by atoms with Crippen LogP contribution < -0.4 is 5.48 Å². The molecule has 0 aromatic heterocycles. The molecule has 1 N–H and O–H groups in total. The van der Waals surface area contributed by atoms with E-state index in [0.29, 0.717) is 12.0 Å². The van der Waals surface area contributed by atoms with Crippen molar-refractivity contribution in [2.45, 2.75) is 32.1 Å². The first kappa shape index (κ1) is 20.3. The van der Waals surface area contributed by atoms with Crippen LogP contribution in [0, 0.1) is 0 Å². The van der Waals surface area contributed by atoms with Crippen LogP contribution in [-0.2, 0) is 9.63 Å². The lowest BCUT2D eigenvalue weighted by molar-refractivity contribution is -0.149. The number of carbonyl (C=O) groups is 2. The fourth-order valence-electron chi connectivity index (χ4n) is 3.26. The van der Waals surface area contributed by atoms with Gasteiger partial charge in [-0.05, 0) is 35.2 Å². The van der Waals surface area contributed by atoms with Crippen molar-refractivity contribution in [3.8, 4) is 0 Å². The molecule has 3 rings (SSSR count). The highest BCUT2D eigenvalue weighted by molar-refractivity contribution is 5.94. The number of hydrogen-bond donors (Lipinski definition) is 1. The smallest absolute Gasteiger partial charge is 0.332 e. The second-order valence-corrected chi connectivity index (χ2v) is 6.89. The Bertz CT molecular complexity index is 899. The molecule has 0 bridgehead atoms. The number of hydrogen-bond acceptors (Lipinski definition) is 3. The van der Waals surface area contributed by atoms with E-state index in [2.05, 4.69) is 29.7 Å². The van der Waals surface area contributed by atoms with Crippen LogP contribution in [0.4, 0.5) is 0 Å². The normalized spacial score (nSPS) is 10.6. The van der Waals surface area contributed by atoms with Gasteiger partial charge in [0.2, 0.25) is 0 Å². The first-order chi connectivity index (χ1) is 14.2. The van der Waals surface area contributed by atoms with Crippen LogP contribution in [0.2, 0.25) is 0 Å². The zero-order valence-electron chi connectivity index (χ0n) is 16.5.